The highest BCUT2D eigenvalue weighted by atomic mass is 15.0. The van der Waals surface area contributed by atoms with E-state index in [-0.39, 0.29) is 0 Å². The number of nitrogens with zero attached hydrogens (tertiary/aromatic N) is 4. The van der Waals surface area contributed by atoms with E-state index in [1.807, 2.05) is 30.3 Å². The van der Waals surface area contributed by atoms with Crippen LogP contribution in [0.15, 0.2) is 158 Å². The van der Waals surface area contributed by atoms with Crippen molar-refractivity contribution in [1.82, 2.24) is 9.13 Å². The summed E-state index contributed by atoms with van der Waals surface area (Å²) in [5.74, 6) is 0. The molecule has 0 N–H and O–H groups in total. The molecule has 0 aliphatic heterocycles. The van der Waals surface area contributed by atoms with E-state index >= 15 is 0 Å². The lowest BCUT2D eigenvalue weighted by atomic mass is 9.97. The molecule has 0 amide bonds. The second-order valence-electron chi connectivity index (χ2n) is 11.9. The molecule has 0 saturated heterocycles. The Bertz CT molecular complexity index is 2750. The van der Waals surface area contributed by atoms with Crippen LogP contribution in [0.2, 0.25) is 0 Å². The van der Waals surface area contributed by atoms with Gasteiger partial charge < -0.3 is 9.13 Å². The van der Waals surface area contributed by atoms with Crippen LogP contribution in [0.3, 0.4) is 0 Å². The van der Waals surface area contributed by atoms with Crippen molar-refractivity contribution in [3.05, 3.63) is 181 Å². The van der Waals surface area contributed by atoms with Crippen molar-refractivity contribution >= 4 is 55.0 Å². The Morgan fingerprint density at radius 3 is 1.46 bits per heavy atom. The summed E-state index contributed by atoms with van der Waals surface area (Å²) in [6.07, 6.45) is 0. The third-order valence-electron chi connectivity index (χ3n) is 9.39. The summed E-state index contributed by atoms with van der Waals surface area (Å²) >= 11 is 0. The number of fused-ring (bicyclic) bond motifs is 6. The van der Waals surface area contributed by atoms with E-state index in [9.17, 15) is 0 Å². The maximum atomic E-state index is 8.33. The molecule has 4 nitrogen and oxygen atoms in total. The highest BCUT2D eigenvalue weighted by molar-refractivity contribution is 6.11. The number of hydrogen-bond donors (Lipinski definition) is 0. The third kappa shape index (κ3) is 4.07. The molecule has 222 valence electrons. The molecule has 9 aromatic rings. The summed E-state index contributed by atoms with van der Waals surface area (Å²) in [7, 11) is 0. The van der Waals surface area contributed by atoms with Gasteiger partial charge in [0, 0.05) is 32.6 Å². The molecule has 9 rings (SSSR count). The topological polar surface area (TPSA) is 18.6 Å². The minimum Gasteiger partial charge on any atom is -0.319 e. The van der Waals surface area contributed by atoms with Crippen molar-refractivity contribution in [2.24, 2.45) is 0 Å². The summed E-state index contributed by atoms with van der Waals surface area (Å²) < 4.78 is 4.49. The molecule has 0 bridgehead atoms. The maximum Gasteiger partial charge on any atom is 0.218 e. The number of hydrogen-bond acceptors (Lipinski definition) is 0. The van der Waals surface area contributed by atoms with Crippen LogP contribution in [0.1, 0.15) is 0 Å². The lowest BCUT2D eigenvalue weighted by Crippen LogP contribution is -1.97. The van der Waals surface area contributed by atoms with Crippen molar-refractivity contribution in [2.75, 3.05) is 0 Å². The van der Waals surface area contributed by atoms with Crippen LogP contribution in [0.25, 0.3) is 86.9 Å². The monoisotopic (exact) mass is 610 g/mol. The standard InChI is InChI=1S/C44H26N4/c1-45-31-26-27-37-36-15-6-10-20-41(36)48(43(37)28-31)38-17-7-3-12-32(38)29-22-24-30(25-23-29)33-16-11-21-42(44(33)46-2)47-39-18-8-4-13-34(39)35-14-5-9-19-40(35)47/h3-28H. The Labute approximate surface area is 277 Å². The maximum absolute atomic E-state index is 8.33. The summed E-state index contributed by atoms with van der Waals surface area (Å²) in [4.78, 5) is 7.85. The van der Waals surface area contributed by atoms with Crippen LogP contribution >= 0.6 is 0 Å². The highest BCUT2D eigenvalue weighted by Gasteiger charge is 2.19. The minimum atomic E-state index is 0.618. The van der Waals surface area contributed by atoms with Gasteiger partial charge >= 0.3 is 0 Å². The van der Waals surface area contributed by atoms with Gasteiger partial charge in [0.2, 0.25) is 5.69 Å². The van der Waals surface area contributed by atoms with Gasteiger partial charge in [0.05, 0.1) is 41.1 Å². The number of rotatable bonds is 4. The molecule has 0 aliphatic rings. The van der Waals surface area contributed by atoms with Gasteiger partial charge in [0.1, 0.15) is 0 Å². The lowest BCUT2D eigenvalue weighted by Gasteiger charge is -2.16. The van der Waals surface area contributed by atoms with E-state index in [0.717, 1.165) is 66.5 Å². The van der Waals surface area contributed by atoms with Crippen LogP contribution < -0.4 is 0 Å². The Kier molecular flexibility index (Phi) is 6.22. The fourth-order valence-electron chi connectivity index (χ4n) is 7.27. The van der Waals surface area contributed by atoms with Crippen molar-refractivity contribution in [2.45, 2.75) is 0 Å². The molecule has 2 heterocycles. The Balaban J connectivity index is 1.19. The molecule has 0 fully saturated rings. The van der Waals surface area contributed by atoms with Gasteiger partial charge in [0.25, 0.3) is 0 Å². The van der Waals surface area contributed by atoms with Crippen molar-refractivity contribution in [3.63, 3.8) is 0 Å². The van der Waals surface area contributed by atoms with Crippen LogP contribution in [-0.2, 0) is 0 Å². The molecule has 0 unspecified atom stereocenters. The van der Waals surface area contributed by atoms with Crippen molar-refractivity contribution in [1.29, 1.82) is 0 Å². The predicted molar refractivity (Wildman–Crippen MR) is 199 cm³/mol. The van der Waals surface area contributed by atoms with Crippen LogP contribution in [0.5, 0.6) is 0 Å². The first-order valence-corrected chi connectivity index (χ1v) is 15.8. The van der Waals surface area contributed by atoms with E-state index in [0.29, 0.717) is 11.4 Å². The molecular weight excluding hydrogens is 585 g/mol. The molecule has 0 radical (unpaired) electrons. The molecule has 0 saturated carbocycles. The zero-order valence-corrected chi connectivity index (χ0v) is 25.8. The summed E-state index contributed by atoms with van der Waals surface area (Å²) in [6.45, 7) is 16.0. The van der Waals surface area contributed by atoms with E-state index in [2.05, 4.69) is 146 Å². The first kappa shape index (κ1) is 27.4. The molecule has 2 aromatic heterocycles. The average Bonchev–Trinajstić information content (AvgIpc) is 3.67. The molecule has 4 heteroatoms. The Morgan fingerprint density at radius 2 is 0.854 bits per heavy atom. The van der Waals surface area contributed by atoms with E-state index in [1.54, 1.807) is 0 Å². The van der Waals surface area contributed by atoms with E-state index < -0.39 is 0 Å². The molecule has 0 spiro atoms. The largest absolute Gasteiger partial charge is 0.319 e. The molecule has 0 aliphatic carbocycles. The summed E-state index contributed by atoms with van der Waals surface area (Å²) in [5.41, 5.74) is 11.5. The zero-order valence-electron chi connectivity index (χ0n) is 25.8. The second-order valence-corrected chi connectivity index (χ2v) is 11.9. The Hall–Kier alpha value is -6.88. The average molecular weight is 611 g/mol. The fourth-order valence-corrected chi connectivity index (χ4v) is 7.27. The van der Waals surface area contributed by atoms with Crippen molar-refractivity contribution < 1.29 is 0 Å². The van der Waals surface area contributed by atoms with Crippen LogP contribution in [0, 0.1) is 13.1 Å². The number of benzene rings is 7. The quantitative estimate of drug-likeness (QED) is 0.177. The Morgan fingerprint density at radius 1 is 0.375 bits per heavy atom. The van der Waals surface area contributed by atoms with Crippen LogP contribution in [-0.4, -0.2) is 9.13 Å². The van der Waals surface area contributed by atoms with Gasteiger partial charge in [-0.2, -0.15) is 0 Å². The first-order valence-electron chi connectivity index (χ1n) is 15.8. The van der Waals surface area contributed by atoms with Crippen LogP contribution in [0.4, 0.5) is 11.4 Å². The summed E-state index contributed by atoms with van der Waals surface area (Å²) in [6, 6.07) is 54.2. The van der Waals surface area contributed by atoms with E-state index in [1.165, 1.54) is 10.8 Å². The molecule has 0 atom stereocenters. The van der Waals surface area contributed by atoms with Gasteiger partial charge in [-0.15, -0.1) is 0 Å². The summed E-state index contributed by atoms with van der Waals surface area (Å²) in [5, 5.41) is 4.62. The smallest absolute Gasteiger partial charge is 0.218 e. The molecular formula is C44H26N4. The number of para-hydroxylation sites is 5. The lowest BCUT2D eigenvalue weighted by molar-refractivity contribution is 1.18. The zero-order chi connectivity index (χ0) is 32.2. The first-order chi connectivity index (χ1) is 23.7. The van der Waals surface area contributed by atoms with Gasteiger partial charge in [-0.25, -0.2) is 9.69 Å². The fraction of sp³-hybridized carbons (Fsp3) is 0. The third-order valence-corrected chi connectivity index (χ3v) is 9.39. The SMILES string of the molecule is [C-]#[N+]c1ccc2c3ccccc3n(-c3ccccc3-c3ccc(-c4cccc(-n5c6ccccc6c6ccccc65)c4[N+]#[C-])cc3)c2c1. The van der Waals surface area contributed by atoms with Crippen molar-refractivity contribution in [3.8, 4) is 33.6 Å². The molecule has 48 heavy (non-hydrogen) atoms. The van der Waals surface area contributed by atoms with E-state index in [4.69, 9.17) is 13.1 Å². The molecule has 7 aromatic carbocycles. The van der Waals surface area contributed by atoms with Gasteiger partial charge in [-0.05, 0) is 53.1 Å². The van der Waals surface area contributed by atoms with Gasteiger partial charge in [-0.1, -0.05) is 121 Å². The highest BCUT2D eigenvalue weighted by Crippen LogP contribution is 2.42. The predicted octanol–water partition coefficient (Wildman–Crippen LogP) is 12.3. The second kappa shape index (κ2) is 10.9. The normalized spacial score (nSPS) is 11.3. The minimum absolute atomic E-state index is 0.618. The van der Waals surface area contributed by atoms with Gasteiger partial charge in [0.15, 0.2) is 5.69 Å². The number of aromatic nitrogens is 2. The van der Waals surface area contributed by atoms with Gasteiger partial charge in [-0.3, -0.25) is 0 Å².